The third-order valence-electron chi connectivity index (χ3n) is 3.53. The summed E-state index contributed by atoms with van der Waals surface area (Å²) in [7, 11) is 1.70. The number of rotatable bonds is 4. The molecule has 1 heterocycles. The van der Waals surface area contributed by atoms with Crippen molar-refractivity contribution in [2.75, 3.05) is 13.7 Å². The van der Waals surface area contributed by atoms with Gasteiger partial charge in [0.2, 0.25) is 0 Å². The Morgan fingerprint density at radius 2 is 2.22 bits per heavy atom. The molecule has 2 rings (SSSR count). The monoisotopic (exact) mass is 249 g/mol. The second-order valence-corrected chi connectivity index (χ2v) is 5.15. The molecule has 0 aliphatic carbocycles. The van der Waals surface area contributed by atoms with Crippen molar-refractivity contribution in [1.82, 2.24) is 5.32 Å². The van der Waals surface area contributed by atoms with Gasteiger partial charge in [0, 0.05) is 18.0 Å². The summed E-state index contributed by atoms with van der Waals surface area (Å²) in [5.74, 6) is 2.41. The number of methoxy groups -OCH3 is 1. The van der Waals surface area contributed by atoms with Gasteiger partial charge < -0.3 is 14.8 Å². The minimum atomic E-state index is 0.287. The van der Waals surface area contributed by atoms with Gasteiger partial charge in [-0.2, -0.15) is 0 Å². The largest absolute Gasteiger partial charge is 0.497 e. The average molecular weight is 249 g/mol. The molecule has 1 aliphatic heterocycles. The quantitative estimate of drug-likeness (QED) is 0.889. The molecule has 0 aromatic heterocycles. The first-order valence-corrected chi connectivity index (χ1v) is 6.73. The topological polar surface area (TPSA) is 30.5 Å². The van der Waals surface area contributed by atoms with Crippen LogP contribution in [0.2, 0.25) is 0 Å². The molecule has 3 nitrogen and oxygen atoms in total. The number of fused-ring (bicyclic) bond motifs is 1. The number of hydrogen-bond acceptors (Lipinski definition) is 3. The zero-order valence-electron chi connectivity index (χ0n) is 11.7. The van der Waals surface area contributed by atoms with Crippen LogP contribution in [0.3, 0.4) is 0 Å². The number of ether oxygens (including phenoxy) is 2. The predicted octanol–water partition coefficient (Wildman–Crippen LogP) is 3.15. The maximum atomic E-state index is 6.07. The van der Waals surface area contributed by atoms with Crippen molar-refractivity contribution in [2.45, 2.75) is 39.3 Å². The Kier molecular flexibility index (Phi) is 4.12. The minimum absolute atomic E-state index is 0.287. The molecule has 2 unspecified atom stereocenters. The molecule has 0 spiro atoms. The maximum absolute atomic E-state index is 6.07. The molecule has 0 bridgehead atoms. The highest BCUT2D eigenvalue weighted by molar-refractivity contribution is 5.43. The lowest BCUT2D eigenvalue weighted by Crippen LogP contribution is -2.35. The fourth-order valence-electron chi connectivity index (χ4n) is 2.45. The van der Waals surface area contributed by atoms with Crippen LogP contribution < -0.4 is 14.8 Å². The zero-order chi connectivity index (χ0) is 13.1. The summed E-state index contributed by atoms with van der Waals surface area (Å²) in [6, 6.07) is 6.43. The van der Waals surface area contributed by atoms with E-state index in [0.29, 0.717) is 12.0 Å². The molecule has 0 radical (unpaired) electrons. The van der Waals surface area contributed by atoms with Gasteiger partial charge in [-0.15, -0.1) is 0 Å². The van der Waals surface area contributed by atoms with Gasteiger partial charge >= 0.3 is 0 Å². The van der Waals surface area contributed by atoms with Crippen LogP contribution in [0.5, 0.6) is 11.5 Å². The maximum Gasteiger partial charge on any atom is 0.124 e. The van der Waals surface area contributed by atoms with Crippen LogP contribution in [0.15, 0.2) is 18.2 Å². The Bertz CT molecular complexity index is 403. The smallest absolute Gasteiger partial charge is 0.124 e. The second-order valence-electron chi connectivity index (χ2n) is 5.15. The van der Waals surface area contributed by atoms with Crippen molar-refractivity contribution in [2.24, 2.45) is 5.92 Å². The molecule has 2 atom stereocenters. The van der Waals surface area contributed by atoms with Gasteiger partial charge in [0.05, 0.1) is 7.11 Å². The summed E-state index contributed by atoms with van der Waals surface area (Å²) < 4.78 is 11.4. The van der Waals surface area contributed by atoms with E-state index < -0.39 is 0 Å². The fourth-order valence-corrected chi connectivity index (χ4v) is 2.45. The molecule has 18 heavy (non-hydrogen) atoms. The van der Waals surface area contributed by atoms with Crippen molar-refractivity contribution in [3.8, 4) is 11.5 Å². The van der Waals surface area contributed by atoms with Gasteiger partial charge in [-0.25, -0.2) is 0 Å². The van der Waals surface area contributed by atoms with Crippen molar-refractivity contribution < 1.29 is 9.47 Å². The van der Waals surface area contributed by atoms with Crippen LogP contribution in [-0.4, -0.2) is 19.8 Å². The van der Waals surface area contributed by atoms with Crippen LogP contribution in [0.4, 0.5) is 0 Å². The number of benzene rings is 1. The van der Waals surface area contributed by atoms with Crippen molar-refractivity contribution in [1.29, 1.82) is 0 Å². The lowest BCUT2D eigenvalue weighted by atomic mass is 9.91. The third-order valence-corrected chi connectivity index (χ3v) is 3.53. The highest BCUT2D eigenvalue weighted by atomic mass is 16.5. The molecule has 0 fully saturated rings. The molecule has 1 N–H and O–H groups in total. The molecule has 0 saturated heterocycles. The van der Waals surface area contributed by atoms with Gasteiger partial charge in [-0.1, -0.05) is 20.8 Å². The van der Waals surface area contributed by atoms with Gasteiger partial charge in [0.1, 0.15) is 17.6 Å². The van der Waals surface area contributed by atoms with E-state index in [0.717, 1.165) is 24.5 Å². The van der Waals surface area contributed by atoms with E-state index in [2.05, 4.69) is 32.2 Å². The molecule has 0 amide bonds. The van der Waals surface area contributed by atoms with Crippen LogP contribution >= 0.6 is 0 Å². The Morgan fingerprint density at radius 1 is 1.44 bits per heavy atom. The molecule has 100 valence electrons. The van der Waals surface area contributed by atoms with Gasteiger partial charge in [0.25, 0.3) is 0 Å². The first-order valence-electron chi connectivity index (χ1n) is 6.73. The Morgan fingerprint density at radius 3 is 2.83 bits per heavy atom. The summed E-state index contributed by atoms with van der Waals surface area (Å²) in [5.41, 5.74) is 1.22. The van der Waals surface area contributed by atoms with E-state index in [-0.39, 0.29) is 6.10 Å². The number of nitrogens with one attached hydrogen (secondary N) is 1. The van der Waals surface area contributed by atoms with E-state index in [1.165, 1.54) is 5.56 Å². The van der Waals surface area contributed by atoms with Crippen LogP contribution in [0, 0.1) is 5.92 Å². The third kappa shape index (κ3) is 2.61. The Labute approximate surface area is 109 Å². The molecule has 1 aromatic rings. The summed E-state index contributed by atoms with van der Waals surface area (Å²) in [4.78, 5) is 0. The van der Waals surface area contributed by atoms with Crippen LogP contribution in [-0.2, 0) is 0 Å². The second kappa shape index (κ2) is 5.61. The molecule has 1 aliphatic rings. The minimum Gasteiger partial charge on any atom is -0.497 e. The molecule has 1 aromatic carbocycles. The van der Waals surface area contributed by atoms with Gasteiger partial charge in [0.15, 0.2) is 0 Å². The van der Waals surface area contributed by atoms with Crippen molar-refractivity contribution in [3.63, 3.8) is 0 Å². The lowest BCUT2D eigenvalue weighted by Gasteiger charge is -2.34. The first kappa shape index (κ1) is 13.2. The average Bonchev–Trinajstić information content (AvgIpc) is 2.38. The SMILES string of the molecule is CCNC1CC(C(C)C)Oc2ccc(OC)cc21. The van der Waals surface area contributed by atoms with E-state index in [1.54, 1.807) is 7.11 Å². The predicted molar refractivity (Wildman–Crippen MR) is 73.3 cm³/mol. The van der Waals surface area contributed by atoms with Crippen LogP contribution in [0.1, 0.15) is 38.8 Å². The molecular weight excluding hydrogens is 226 g/mol. The first-order chi connectivity index (χ1) is 8.65. The van der Waals surface area contributed by atoms with E-state index in [1.807, 2.05) is 12.1 Å². The zero-order valence-corrected chi connectivity index (χ0v) is 11.7. The summed E-state index contributed by atoms with van der Waals surface area (Å²) in [6.45, 7) is 7.52. The van der Waals surface area contributed by atoms with Crippen LogP contribution in [0.25, 0.3) is 0 Å². The normalized spacial score (nSPS) is 22.5. The summed E-state index contributed by atoms with van der Waals surface area (Å²) in [6.07, 6.45) is 1.31. The standard InChI is InChI=1S/C15H23NO2/c1-5-16-13-9-15(10(2)3)18-14-7-6-11(17-4)8-12(13)14/h6-8,10,13,15-16H,5,9H2,1-4H3. The molecular formula is C15H23NO2. The Hall–Kier alpha value is -1.22. The summed E-state index contributed by atoms with van der Waals surface area (Å²) in [5, 5.41) is 3.54. The summed E-state index contributed by atoms with van der Waals surface area (Å²) >= 11 is 0. The Balaban J connectivity index is 2.31. The highest BCUT2D eigenvalue weighted by Crippen LogP contribution is 2.38. The highest BCUT2D eigenvalue weighted by Gasteiger charge is 2.29. The van der Waals surface area contributed by atoms with E-state index in [4.69, 9.17) is 9.47 Å². The molecule has 0 saturated carbocycles. The van der Waals surface area contributed by atoms with Gasteiger partial charge in [-0.05, 0) is 30.7 Å². The van der Waals surface area contributed by atoms with Crippen molar-refractivity contribution in [3.05, 3.63) is 23.8 Å². The van der Waals surface area contributed by atoms with Gasteiger partial charge in [-0.3, -0.25) is 0 Å². The van der Waals surface area contributed by atoms with E-state index in [9.17, 15) is 0 Å². The lowest BCUT2D eigenvalue weighted by molar-refractivity contribution is 0.107. The number of hydrogen-bond donors (Lipinski definition) is 1. The fraction of sp³-hybridized carbons (Fsp3) is 0.600. The van der Waals surface area contributed by atoms with E-state index >= 15 is 0 Å². The van der Waals surface area contributed by atoms with Crippen molar-refractivity contribution >= 4 is 0 Å². The molecule has 3 heteroatoms.